The highest BCUT2D eigenvalue weighted by Crippen LogP contribution is 2.28. The quantitative estimate of drug-likeness (QED) is 0.722. The summed E-state index contributed by atoms with van der Waals surface area (Å²) < 4.78 is 18.2. The number of rotatable bonds is 3. The SMILES string of the molecule is CC(C)(C)O[Si](C)(OC(C)(C)C)OC(C)(C)C.Cl. The van der Waals surface area contributed by atoms with Crippen LogP contribution in [0.25, 0.3) is 0 Å². The Morgan fingerprint density at radius 1 is 0.556 bits per heavy atom. The van der Waals surface area contributed by atoms with E-state index in [4.69, 9.17) is 13.3 Å². The zero-order chi connectivity index (χ0) is 14.1. The maximum absolute atomic E-state index is 6.07. The van der Waals surface area contributed by atoms with Crippen LogP contribution >= 0.6 is 12.4 Å². The molecule has 0 aromatic carbocycles. The summed E-state index contributed by atoms with van der Waals surface area (Å²) in [5.41, 5.74) is -0.799. The van der Waals surface area contributed by atoms with Gasteiger partial charge in [0.1, 0.15) is 0 Å². The lowest BCUT2D eigenvalue weighted by Gasteiger charge is -2.41. The van der Waals surface area contributed by atoms with Crippen LogP contribution < -0.4 is 0 Å². The fourth-order valence-corrected chi connectivity index (χ4v) is 5.19. The van der Waals surface area contributed by atoms with Gasteiger partial charge in [-0.05, 0) is 62.3 Å². The van der Waals surface area contributed by atoms with Crippen molar-refractivity contribution in [3.05, 3.63) is 0 Å². The predicted molar refractivity (Wildman–Crippen MR) is 81.4 cm³/mol. The van der Waals surface area contributed by atoms with Crippen LogP contribution in [0.1, 0.15) is 62.3 Å². The van der Waals surface area contributed by atoms with Crippen LogP contribution in [0.15, 0.2) is 0 Å². The van der Waals surface area contributed by atoms with Gasteiger partial charge in [0.25, 0.3) is 0 Å². The van der Waals surface area contributed by atoms with Crippen molar-refractivity contribution >= 4 is 21.2 Å². The summed E-state index contributed by atoms with van der Waals surface area (Å²) in [4.78, 5) is 0. The van der Waals surface area contributed by atoms with Gasteiger partial charge in [-0.25, -0.2) is 0 Å². The largest absolute Gasteiger partial charge is 0.498 e. The molecule has 0 heterocycles. The highest BCUT2D eigenvalue weighted by Gasteiger charge is 2.45. The molecule has 0 aliphatic rings. The van der Waals surface area contributed by atoms with Gasteiger partial charge in [-0.3, -0.25) is 0 Å². The summed E-state index contributed by atoms with van der Waals surface area (Å²) in [7, 11) is -2.66. The van der Waals surface area contributed by atoms with Gasteiger partial charge < -0.3 is 13.3 Å². The standard InChI is InChI=1S/C13H30O3Si.ClH/c1-11(2,3)14-17(10,15-12(4,5)6)16-13(7,8)9;/h1-10H3;1H. The molecule has 0 spiro atoms. The summed E-state index contributed by atoms with van der Waals surface area (Å²) >= 11 is 0. The molecule has 0 aliphatic carbocycles. The van der Waals surface area contributed by atoms with Gasteiger partial charge in [-0.1, -0.05) is 0 Å². The average Bonchev–Trinajstić information content (AvgIpc) is 1.65. The number of hydrogen-bond acceptors (Lipinski definition) is 3. The van der Waals surface area contributed by atoms with E-state index in [2.05, 4.69) is 0 Å². The highest BCUT2D eigenvalue weighted by molar-refractivity contribution is 6.59. The van der Waals surface area contributed by atoms with Crippen LogP contribution in [-0.2, 0) is 13.3 Å². The molecule has 0 aromatic rings. The molecular formula is C13H31ClO3Si. The number of hydrogen-bond donors (Lipinski definition) is 0. The van der Waals surface area contributed by atoms with E-state index in [-0.39, 0.29) is 29.2 Å². The molecule has 0 saturated carbocycles. The normalized spacial score (nSPS) is 14.3. The molecule has 0 amide bonds. The summed E-state index contributed by atoms with van der Waals surface area (Å²) in [6.45, 7) is 20.2. The highest BCUT2D eigenvalue weighted by atomic mass is 35.5. The Kier molecular flexibility index (Phi) is 7.16. The van der Waals surface area contributed by atoms with Crippen LogP contribution in [0.2, 0.25) is 6.55 Å². The van der Waals surface area contributed by atoms with Gasteiger partial charge in [-0.2, -0.15) is 0 Å². The molecule has 0 saturated heterocycles. The minimum absolute atomic E-state index is 0. The molecule has 18 heavy (non-hydrogen) atoms. The van der Waals surface area contributed by atoms with Gasteiger partial charge in [0, 0.05) is 6.55 Å². The van der Waals surface area contributed by atoms with E-state index in [0.29, 0.717) is 0 Å². The van der Waals surface area contributed by atoms with Gasteiger partial charge in [0.2, 0.25) is 0 Å². The Hall–Kier alpha value is 0.387. The van der Waals surface area contributed by atoms with Crippen molar-refractivity contribution in [2.45, 2.75) is 85.7 Å². The summed E-state index contributed by atoms with van der Waals surface area (Å²) in [6.07, 6.45) is 0. The predicted octanol–water partition coefficient (Wildman–Crippen LogP) is 4.42. The molecule has 0 aliphatic heterocycles. The first-order valence-corrected chi connectivity index (χ1v) is 8.45. The topological polar surface area (TPSA) is 27.7 Å². The molecule has 0 fully saturated rings. The molecule has 0 rings (SSSR count). The van der Waals surface area contributed by atoms with Crippen molar-refractivity contribution in [2.75, 3.05) is 0 Å². The van der Waals surface area contributed by atoms with Gasteiger partial charge >= 0.3 is 8.80 Å². The molecule has 0 radical (unpaired) electrons. The molecule has 5 heteroatoms. The Morgan fingerprint density at radius 3 is 0.833 bits per heavy atom. The van der Waals surface area contributed by atoms with Crippen LogP contribution in [0.4, 0.5) is 0 Å². The van der Waals surface area contributed by atoms with Crippen LogP contribution in [0.3, 0.4) is 0 Å². The molecular weight excluding hydrogens is 268 g/mol. The minimum Gasteiger partial charge on any atom is -0.369 e. The zero-order valence-electron chi connectivity index (χ0n) is 13.6. The van der Waals surface area contributed by atoms with E-state index < -0.39 is 8.80 Å². The Labute approximate surface area is 120 Å². The van der Waals surface area contributed by atoms with Gasteiger partial charge in [0.15, 0.2) is 0 Å². The lowest BCUT2D eigenvalue weighted by Crippen LogP contribution is -2.54. The van der Waals surface area contributed by atoms with E-state index in [1.165, 1.54) is 0 Å². The zero-order valence-corrected chi connectivity index (χ0v) is 15.4. The third-order valence-corrected chi connectivity index (χ3v) is 4.42. The Balaban J connectivity index is 0. The smallest absolute Gasteiger partial charge is 0.369 e. The van der Waals surface area contributed by atoms with Crippen molar-refractivity contribution < 1.29 is 13.3 Å². The van der Waals surface area contributed by atoms with Crippen molar-refractivity contribution in [1.29, 1.82) is 0 Å². The van der Waals surface area contributed by atoms with E-state index in [9.17, 15) is 0 Å². The molecule has 112 valence electrons. The minimum atomic E-state index is -2.66. The van der Waals surface area contributed by atoms with Crippen molar-refractivity contribution in [1.82, 2.24) is 0 Å². The molecule has 0 atom stereocenters. The molecule has 0 unspecified atom stereocenters. The summed E-state index contributed by atoms with van der Waals surface area (Å²) in [5.74, 6) is 0. The van der Waals surface area contributed by atoms with Crippen LogP contribution in [0, 0.1) is 0 Å². The maximum Gasteiger partial charge on any atom is 0.498 e. The van der Waals surface area contributed by atoms with E-state index in [1.807, 2.05) is 68.9 Å². The first-order valence-electron chi connectivity index (χ1n) is 6.22. The second kappa shape index (κ2) is 6.22. The van der Waals surface area contributed by atoms with Crippen LogP contribution in [-0.4, -0.2) is 25.6 Å². The maximum atomic E-state index is 6.07. The monoisotopic (exact) mass is 298 g/mol. The van der Waals surface area contributed by atoms with Crippen molar-refractivity contribution in [3.63, 3.8) is 0 Å². The first kappa shape index (κ1) is 20.7. The van der Waals surface area contributed by atoms with Gasteiger partial charge in [-0.15, -0.1) is 12.4 Å². The number of halogens is 1. The van der Waals surface area contributed by atoms with Crippen molar-refractivity contribution in [3.8, 4) is 0 Å². The average molecular weight is 299 g/mol. The molecule has 3 nitrogen and oxygen atoms in total. The molecule has 0 N–H and O–H groups in total. The molecule has 0 bridgehead atoms. The summed E-state index contributed by atoms with van der Waals surface area (Å²) in [5, 5.41) is 0. The van der Waals surface area contributed by atoms with Crippen LogP contribution in [0.5, 0.6) is 0 Å². The lowest BCUT2D eigenvalue weighted by atomic mass is 10.2. The molecule has 0 aromatic heterocycles. The van der Waals surface area contributed by atoms with Crippen molar-refractivity contribution in [2.24, 2.45) is 0 Å². The third kappa shape index (κ3) is 11.5. The second-order valence-corrected chi connectivity index (χ2v) is 9.84. The van der Waals surface area contributed by atoms with Gasteiger partial charge in [0.05, 0.1) is 16.8 Å². The first-order chi connectivity index (χ1) is 7.12. The fraction of sp³-hybridized carbons (Fsp3) is 1.00. The lowest BCUT2D eigenvalue weighted by molar-refractivity contribution is -0.0708. The Bertz CT molecular complexity index is 208. The van der Waals surface area contributed by atoms with E-state index in [1.54, 1.807) is 0 Å². The third-order valence-electron chi connectivity index (χ3n) is 1.47. The summed E-state index contributed by atoms with van der Waals surface area (Å²) in [6, 6.07) is 0. The second-order valence-electron chi connectivity index (χ2n) is 7.51. The Morgan fingerprint density at radius 2 is 0.722 bits per heavy atom. The van der Waals surface area contributed by atoms with E-state index in [0.717, 1.165) is 0 Å². The fourth-order valence-electron chi connectivity index (χ4n) is 1.73. The van der Waals surface area contributed by atoms with E-state index >= 15 is 0 Å².